The molecular weight excluding hydrogens is 301 g/mol. The zero-order chi connectivity index (χ0) is 17.0. The fourth-order valence-electron chi connectivity index (χ4n) is 2.79. The molecule has 1 amide bonds. The van der Waals surface area contributed by atoms with Crippen LogP contribution in [-0.4, -0.2) is 49.7 Å². The molecule has 0 bridgehead atoms. The summed E-state index contributed by atoms with van der Waals surface area (Å²) in [4.78, 5) is 25.8. The van der Waals surface area contributed by atoms with Gasteiger partial charge in [0.25, 0.3) is 0 Å². The zero-order valence-corrected chi connectivity index (χ0v) is 13.7. The second kappa shape index (κ2) is 7.55. The van der Waals surface area contributed by atoms with Crippen LogP contribution in [0.5, 0.6) is 0 Å². The largest absolute Gasteiger partial charge is 0.467 e. The lowest BCUT2D eigenvalue weighted by Gasteiger charge is -2.22. The summed E-state index contributed by atoms with van der Waals surface area (Å²) in [7, 11) is 2.86. The van der Waals surface area contributed by atoms with Gasteiger partial charge in [0, 0.05) is 26.5 Å². The third-order valence-electron chi connectivity index (χ3n) is 4.25. The summed E-state index contributed by atoms with van der Waals surface area (Å²) in [6.07, 6.45) is 0.915. The minimum Gasteiger partial charge on any atom is -0.467 e. The Kier molecular flexibility index (Phi) is 5.71. The summed E-state index contributed by atoms with van der Waals surface area (Å²) in [5.41, 5.74) is 1.34. The Morgan fingerprint density at radius 2 is 2.09 bits per heavy atom. The van der Waals surface area contributed by atoms with Crippen molar-refractivity contribution < 1.29 is 23.5 Å². The van der Waals surface area contributed by atoms with Crippen molar-refractivity contribution in [1.82, 2.24) is 4.90 Å². The van der Waals surface area contributed by atoms with Crippen molar-refractivity contribution in [2.45, 2.75) is 38.3 Å². The molecular formula is C17H22FNO4. The summed E-state index contributed by atoms with van der Waals surface area (Å²) in [6, 6.07) is 4.35. The number of hydrogen-bond acceptors (Lipinski definition) is 4. The molecule has 0 radical (unpaired) electrons. The predicted octanol–water partition coefficient (Wildman–Crippen LogP) is 1.86. The van der Waals surface area contributed by atoms with Crippen LogP contribution in [0.1, 0.15) is 24.0 Å². The summed E-state index contributed by atoms with van der Waals surface area (Å²) in [6.45, 7) is 2.07. The lowest BCUT2D eigenvalue weighted by atomic mass is 10.1. The number of ether oxygens (including phenoxy) is 2. The highest BCUT2D eigenvalue weighted by Gasteiger charge is 2.40. The Bertz CT molecular complexity index is 590. The Labute approximate surface area is 135 Å². The van der Waals surface area contributed by atoms with Crippen LogP contribution < -0.4 is 0 Å². The molecule has 23 heavy (non-hydrogen) atoms. The minimum absolute atomic E-state index is 0.152. The average molecular weight is 323 g/mol. The van der Waals surface area contributed by atoms with Crippen molar-refractivity contribution in [1.29, 1.82) is 0 Å². The standard InChI is InChI=1S/C17H22FNO4/c1-11-4-5-12(8-14(11)18)6-7-16(20)19-10-13(22-2)9-15(19)17(21)23-3/h4-5,8,13,15H,6-7,9-10H2,1-3H3/t13-,15+/m1/s1. The normalized spacial score (nSPS) is 20.6. The maximum atomic E-state index is 13.5. The van der Waals surface area contributed by atoms with Crippen molar-refractivity contribution in [3.8, 4) is 0 Å². The van der Waals surface area contributed by atoms with Crippen molar-refractivity contribution in [3.05, 3.63) is 35.1 Å². The van der Waals surface area contributed by atoms with E-state index in [0.717, 1.165) is 5.56 Å². The fraction of sp³-hybridized carbons (Fsp3) is 0.529. The smallest absolute Gasteiger partial charge is 0.328 e. The molecule has 1 aliphatic heterocycles. The molecule has 0 N–H and O–H groups in total. The highest BCUT2D eigenvalue weighted by atomic mass is 19.1. The van der Waals surface area contributed by atoms with Crippen molar-refractivity contribution >= 4 is 11.9 Å². The van der Waals surface area contributed by atoms with Gasteiger partial charge < -0.3 is 14.4 Å². The summed E-state index contributed by atoms with van der Waals surface area (Å²) >= 11 is 0. The molecule has 5 nitrogen and oxygen atoms in total. The summed E-state index contributed by atoms with van der Waals surface area (Å²) < 4.78 is 23.6. The van der Waals surface area contributed by atoms with Crippen molar-refractivity contribution in [3.63, 3.8) is 0 Å². The molecule has 6 heteroatoms. The Balaban J connectivity index is 2.00. The first kappa shape index (κ1) is 17.4. The first-order valence-corrected chi connectivity index (χ1v) is 7.61. The van der Waals surface area contributed by atoms with Crippen LogP contribution in [0, 0.1) is 12.7 Å². The lowest BCUT2D eigenvalue weighted by molar-refractivity contribution is -0.150. The molecule has 0 spiro atoms. The van der Waals surface area contributed by atoms with E-state index in [2.05, 4.69) is 0 Å². The number of amides is 1. The highest BCUT2D eigenvalue weighted by Crippen LogP contribution is 2.22. The van der Waals surface area contributed by atoms with E-state index in [0.29, 0.717) is 24.9 Å². The lowest BCUT2D eigenvalue weighted by Crippen LogP contribution is -2.41. The van der Waals surface area contributed by atoms with Gasteiger partial charge in [0.2, 0.25) is 5.91 Å². The molecule has 1 fully saturated rings. The Morgan fingerprint density at radius 3 is 2.70 bits per heavy atom. The number of rotatable bonds is 5. The molecule has 2 atom stereocenters. The van der Waals surface area contributed by atoms with E-state index in [9.17, 15) is 14.0 Å². The van der Waals surface area contributed by atoms with Gasteiger partial charge in [0.1, 0.15) is 11.9 Å². The number of benzene rings is 1. The number of esters is 1. The number of aryl methyl sites for hydroxylation is 2. The second-order valence-corrected chi connectivity index (χ2v) is 5.76. The third kappa shape index (κ3) is 4.07. The van der Waals surface area contributed by atoms with Gasteiger partial charge in [-0.05, 0) is 30.5 Å². The molecule has 2 rings (SSSR count). The van der Waals surface area contributed by atoms with E-state index < -0.39 is 12.0 Å². The molecule has 0 aromatic heterocycles. The third-order valence-corrected chi connectivity index (χ3v) is 4.25. The monoisotopic (exact) mass is 323 g/mol. The van der Waals surface area contributed by atoms with Gasteiger partial charge >= 0.3 is 5.97 Å². The number of carbonyl (C=O) groups excluding carboxylic acids is 2. The van der Waals surface area contributed by atoms with Gasteiger partial charge in [0.05, 0.1) is 13.2 Å². The zero-order valence-electron chi connectivity index (χ0n) is 13.7. The molecule has 1 aromatic rings. The molecule has 1 aromatic carbocycles. The molecule has 1 aliphatic rings. The molecule has 0 unspecified atom stereocenters. The molecule has 0 saturated carbocycles. The van der Waals surface area contributed by atoms with Gasteiger partial charge in [-0.1, -0.05) is 12.1 Å². The van der Waals surface area contributed by atoms with Gasteiger partial charge in [0.15, 0.2) is 0 Å². The van der Waals surface area contributed by atoms with E-state index in [4.69, 9.17) is 9.47 Å². The maximum absolute atomic E-state index is 13.5. The van der Waals surface area contributed by atoms with Crippen LogP contribution >= 0.6 is 0 Å². The number of carbonyl (C=O) groups is 2. The van der Waals surface area contributed by atoms with Crippen LogP contribution in [-0.2, 0) is 25.5 Å². The quantitative estimate of drug-likeness (QED) is 0.776. The Morgan fingerprint density at radius 1 is 1.35 bits per heavy atom. The van der Waals surface area contributed by atoms with Crippen LogP contribution in [0.4, 0.5) is 4.39 Å². The molecule has 0 aliphatic carbocycles. The number of methoxy groups -OCH3 is 2. The van der Waals surface area contributed by atoms with Crippen molar-refractivity contribution in [2.75, 3.05) is 20.8 Å². The number of halogens is 1. The van der Waals surface area contributed by atoms with Crippen LogP contribution in [0.2, 0.25) is 0 Å². The molecule has 1 heterocycles. The molecule has 1 saturated heterocycles. The number of nitrogens with zero attached hydrogens (tertiary/aromatic N) is 1. The Hall–Kier alpha value is -1.95. The summed E-state index contributed by atoms with van der Waals surface area (Å²) in [5.74, 6) is -0.858. The van der Waals surface area contributed by atoms with E-state index in [1.165, 1.54) is 18.1 Å². The van der Waals surface area contributed by atoms with Gasteiger partial charge in [-0.3, -0.25) is 4.79 Å². The van der Waals surface area contributed by atoms with Gasteiger partial charge in [-0.15, -0.1) is 0 Å². The topological polar surface area (TPSA) is 55.8 Å². The van der Waals surface area contributed by atoms with E-state index in [-0.39, 0.29) is 24.2 Å². The van der Waals surface area contributed by atoms with Gasteiger partial charge in [-0.2, -0.15) is 0 Å². The van der Waals surface area contributed by atoms with Crippen LogP contribution in [0.3, 0.4) is 0 Å². The van der Waals surface area contributed by atoms with Gasteiger partial charge in [-0.25, -0.2) is 9.18 Å². The second-order valence-electron chi connectivity index (χ2n) is 5.76. The van der Waals surface area contributed by atoms with E-state index in [1.807, 2.05) is 6.07 Å². The average Bonchev–Trinajstić information content (AvgIpc) is 2.99. The number of likely N-dealkylation sites (tertiary alicyclic amines) is 1. The van der Waals surface area contributed by atoms with E-state index in [1.54, 1.807) is 20.1 Å². The summed E-state index contributed by atoms with van der Waals surface area (Å²) in [5, 5.41) is 0. The van der Waals surface area contributed by atoms with Crippen LogP contribution in [0.25, 0.3) is 0 Å². The van der Waals surface area contributed by atoms with Crippen molar-refractivity contribution in [2.24, 2.45) is 0 Å². The predicted molar refractivity (Wildman–Crippen MR) is 82.4 cm³/mol. The first-order chi connectivity index (χ1) is 11.0. The highest BCUT2D eigenvalue weighted by molar-refractivity contribution is 5.85. The maximum Gasteiger partial charge on any atom is 0.328 e. The minimum atomic E-state index is -0.604. The molecule has 126 valence electrons. The van der Waals surface area contributed by atoms with Crippen LogP contribution in [0.15, 0.2) is 18.2 Å². The SMILES string of the molecule is COC(=O)[C@@H]1C[C@@H](OC)CN1C(=O)CCc1ccc(C)c(F)c1. The number of hydrogen-bond donors (Lipinski definition) is 0. The van der Waals surface area contributed by atoms with E-state index >= 15 is 0 Å². The first-order valence-electron chi connectivity index (χ1n) is 7.61. The fourth-order valence-corrected chi connectivity index (χ4v) is 2.79.